The van der Waals surface area contributed by atoms with E-state index in [4.69, 9.17) is 10.5 Å². The molecule has 90 valence electrons. The monoisotopic (exact) mass is 244 g/mol. The number of nitrogens with two attached hydrogens (primary N) is 1. The number of nitrogens with one attached hydrogen (secondary N) is 1. The van der Waals surface area contributed by atoms with Crippen LogP contribution < -0.4 is 15.8 Å². The van der Waals surface area contributed by atoms with E-state index in [1.807, 2.05) is 30.3 Å². The summed E-state index contributed by atoms with van der Waals surface area (Å²) in [6.07, 6.45) is 0.849. The summed E-state index contributed by atoms with van der Waals surface area (Å²) in [5.74, 6) is 0.534. The summed E-state index contributed by atoms with van der Waals surface area (Å²) in [7, 11) is 0. The lowest BCUT2D eigenvalue weighted by atomic mass is 10.3. The minimum atomic E-state index is -0.334. The van der Waals surface area contributed by atoms with Crippen molar-refractivity contribution in [3.8, 4) is 5.75 Å². The van der Waals surface area contributed by atoms with Crippen molar-refractivity contribution in [2.75, 3.05) is 19.7 Å². The highest BCUT2D eigenvalue weighted by Gasteiger charge is 1.93. The predicted molar refractivity (Wildman–Crippen MR) is 65.9 cm³/mol. The molecule has 0 atom stereocenters. The van der Waals surface area contributed by atoms with Crippen LogP contribution in [0.3, 0.4) is 0 Å². The average molecular weight is 245 g/mol. The largest absolute Gasteiger partial charge is 0.494 e. The Morgan fingerprint density at radius 1 is 1.31 bits per heavy atom. The molecular weight excluding hydrogens is 228 g/mol. The van der Waals surface area contributed by atoms with E-state index in [2.05, 4.69) is 5.32 Å². The fraction of sp³-hybridized carbons (Fsp3) is 0.364. The number of benzene rings is 1. The Labute approximate surface area is 102 Å². The van der Waals surface area contributed by atoms with Crippen molar-refractivity contribution in [1.82, 2.24) is 5.32 Å². The number of carbonyl (C=O) groups is 1. The van der Waals surface area contributed by atoms with Gasteiger partial charge in [0.25, 0.3) is 0 Å². The first-order valence-corrected chi connectivity index (χ1v) is 4.96. The normalized spacial score (nSPS) is 9.25. The molecule has 0 bridgehead atoms. The quantitative estimate of drug-likeness (QED) is 0.702. The Morgan fingerprint density at radius 3 is 2.62 bits per heavy atom. The molecule has 1 amide bonds. The van der Waals surface area contributed by atoms with Crippen molar-refractivity contribution in [2.24, 2.45) is 5.73 Å². The van der Waals surface area contributed by atoms with Crippen LogP contribution in [0.25, 0.3) is 0 Å². The zero-order valence-electron chi connectivity index (χ0n) is 9.02. The van der Waals surface area contributed by atoms with Crippen LogP contribution in [0.1, 0.15) is 6.42 Å². The van der Waals surface area contributed by atoms with Crippen molar-refractivity contribution in [3.63, 3.8) is 0 Å². The molecule has 0 aliphatic heterocycles. The number of para-hydroxylation sites is 1. The second-order valence-corrected chi connectivity index (χ2v) is 3.16. The van der Waals surface area contributed by atoms with E-state index in [0.29, 0.717) is 6.61 Å². The number of rotatable bonds is 7. The van der Waals surface area contributed by atoms with E-state index in [-0.39, 0.29) is 24.9 Å². The van der Waals surface area contributed by atoms with Gasteiger partial charge in [-0.15, -0.1) is 12.4 Å². The fourth-order valence-corrected chi connectivity index (χ4v) is 1.12. The molecule has 0 fully saturated rings. The lowest BCUT2D eigenvalue weighted by Gasteiger charge is -2.05. The molecule has 3 N–H and O–H groups in total. The van der Waals surface area contributed by atoms with E-state index >= 15 is 0 Å². The highest BCUT2D eigenvalue weighted by Crippen LogP contribution is 2.07. The molecule has 0 aromatic heterocycles. The summed E-state index contributed by atoms with van der Waals surface area (Å²) >= 11 is 0. The molecule has 0 aliphatic carbocycles. The topological polar surface area (TPSA) is 64.4 Å². The molecule has 0 unspecified atom stereocenters. The molecule has 1 aromatic rings. The van der Waals surface area contributed by atoms with Crippen molar-refractivity contribution >= 4 is 18.3 Å². The zero-order chi connectivity index (χ0) is 10.9. The summed E-state index contributed by atoms with van der Waals surface area (Å²) in [4.78, 5) is 10.4. The van der Waals surface area contributed by atoms with Crippen LogP contribution in [0.2, 0.25) is 0 Å². The smallest absolute Gasteiger partial charge is 0.231 e. The molecule has 1 aromatic carbocycles. The van der Waals surface area contributed by atoms with Gasteiger partial charge in [-0.25, -0.2) is 0 Å². The van der Waals surface area contributed by atoms with E-state index in [0.717, 1.165) is 18.7 Å². The number of ether oxygens (including phenoxy) is 1. The molecule has 16 heavy (non-hydrogen) atoms. The summed E-state index contributed by atoms with van der Waals surface area (Å²) < 4.78 is 5.46. The van der Waals surface area contributed by atoms with Gasteiger partial charge in [-0.1, -0.05) is 18.2 Å². The highest BCUT2D eigenvalue weighted by atomic mass is 35.5. The van der Waals surface area contributed by atoms with Crippen LogP contribution in [-0.4, -0.2) is 25.6 Å². The van der Waals surface area contributed by atoms with Crippen LogP contribution >= 0.6 is 12.4 Å². The Kier molecular flexibility index (Phi) is 8.29. The number of halogens is 1. The Bertz CT molecular complexity index is 293. The number of amides is 1. The summed E-state index contributed by atoms with van der Waals surface area (Å²) in [5.41, 5.74) is 4.97. The number of hydrogen-bond acceptors (Lipinski definition) is 3. The molecule has 0 spiro atoms. The van der Waals surface area contributed by atoms with E-state index < -0.39 is 0 Å². The summed E-state index contributed by atoms with van der Waals surface area (Å²) in [5, 5.41) is 2.92. The fourth-order valence-electron chi connectivity index (χ4n) is 1.12. The molecule has 5 heteroatoms. The number of carbonyl (C=O) groups excluding carboxylic acids is 1. The molecule has 0 aliphatic rings. The van der Waals surface area contributed by atoms with Crippen LogP contribution in [0, 0.1) is 0 Å². The van der Waals surface area contributed by atoms with Gasteiger partial charge in [-0.3, -0.25) is 4.79 Å². The molecule has 1 rings (SSSR count). The summed E-state index contributed by atoms with van der Waals surface area (Å²) in [6.45, 7) is 1.59. The van der Waals surface area contributed by atoms with Crippen molar-refractivity contribution in [2.45, 2.75) is 6.42 Å². The van der Waals surface area contributed by atoms with Gasteiger partial charge in [0.2, 0.25) is 5.91 Å². The first-order valence-electron chi connectivity index (χ1n) is 4.96. The second-order valence-electron chi connectivity index (χ2n) is 3.16. The van der Waals surface area contributed by atoms with Crippen LogP contribution in [0.5, 0.6) is 5.75 Å². The molecular formula is C11H17ClN2O2. The van der Waals surface area contributed by atoms with E-state index in [1.54, 1.807) is 0 Å². The molecule has 0 heterocycles. The zero-order valence-corrected chi connectivity index (χ0v) is 9.83. The summed E-state index contributed by atoms with van der Waals surface area (Å²) in [6, 6.07) is 9.64. The highest BCUT2D eigenvalue weighted by molar-refractivity contribution is 5.85. The van der Waals surface area contributed by atoms with Crippen LogP contribution in [0.15, 0.2) is 30.3 Å². The molecule has 0 saturated heterocycles. The van der Waals surface area contributed by atoms with Crippen molar-refractivity contribution < 1.29 is 9.53 Å². The van der Waals surface area contributed by atoms with E-state index in [1.165, 1.54) is 0 Å². The molecule has 4 nitrogen and oxygen atoms in total. The lowest BCUT2D eigenvalue weighted by molar-refractivity contribution is -0.117. The minimum absolute atomic E-state index is 0. The maximum absolute atomic E-state index is 10.4. The van der Waals surface area contributed by atoms with Gasteiger partial charge in [0.05, 0.1) is 13.2 Å². The second kappa shape index (κ2) is 9.00. The van der Waals surface area contributed by atoms with Gasteiger partial charge in [0.1, 0.15) is 5.75 Å². The molecule has 0 radical (unpaired) electrons. The Morgan fingerprint density at radius 2 is 2.00 bits per heavy atom. The maximum atomic E-state index is 10.4. The average Bonchev–Trinajstić information content (AvgIpc) is 2.24. The van der Waals surface area contributed by atoms with E-state index in [9.17, 15) is 4.79 Å². The van der Waals surface area contributed by atoms with Gasteiger partial charge in [0.15, 0.2) is 0 Å². The van der Waals surface area contributed by atoms with Crippen molar-refractivity contribution in [3.05, 3.63) is 30.3 Å². The number of hydrogen-bond donors (Lipinski definition) is 2. The third-order valence-electron chi connectivity index (χ3n) is 1.81. The Hall–Kier alpha value is -1.26. The van der Waals surface area contributed by atoms with Gasteiger partial charge in [-0.05, 0) is 25.1 Å². The van der Waals surface area contributed by atoms with Gasteiger partial charge in [0, 0.05) is 0 Å². The third kappa shape index (κ3) is 7.09. The first kappa shape index (κ1) is 14.7. The number of primary amides is 1. The minimum Gasteiger partial charge on any atom is -0.494 e. The third-order valence-corrected chi connectivity index (χ3v) is 1.81. The standard InChI is InChI=1S/C11H16N2O2.ClH/c12-11(14)9-13-7-4-8-15-10-5-2-1-3-6-10;/h1-3,5-6,13H,4,7-9H2,(H2,12,14);1H. The first-order chi connectivity index (χ1) is 7.29. The maximum Gasteiger partial charge on any atom is 0.231 e. The van der Waals surface area contributed by atoms with Crippen LogP contribution in [0.4, 0.5) is 0 Å². The van der Waals surface area contributed by atoms with Gasteiger partial charge in [-0.2, -0.15) is 0 Å². The van der Waals surface area contributed by atoms with Gasteiger partial charge < -0.3 is 15.8 Å². The SMILES string of the molecule is Cl.NC(=O)CNCCCOc1ccccc1. The van der Waals surface area contributed by atoms with Crippen LogP contribution in [-0.2, 0) is 4.79 Å². The predicted octanol–water partition coefficient (Wildman–Crippen LogP) is 0.952. The van der Waals surface area contributed by atoms with Crippen molar-refractivity contribution in [1.29, 1.82) is 0 Å². The molecule has 0 saturated carbocycles. The Balaban J connectivity index is 0.00000225. The lowest BCUT2D eigenvalue weighted by Crippen LogP contribution is -2.29. The van der Waals surface area contributed by atoms with Gasteiger partial charge >= 0.3 is 0 Å².